The number of nitrogens with zero attached hydrogens (tertiary/aromatic N) is 2. The summed E-state index contributed by atoms with van der Waals surface area (Å²) in [5.41, 5.74) is 0.939. The molecule has 33 heavy (non-hydrogen) atoms. The number of aryl methyl sites for hydroxylation is 1. The van der Waals surface area contributed by atoms with Crippen LogP contribution >= 0.6 is 11.3 Å². The first-order valence-electron chi connectivity index (χ1n) is 10.9. The molecule has 0 saturated carbocycles. The number of hydrogen-bond donors (Lipinski definition) is 1. The average Bonchev–Trinajstić information content (AvgIpc) is 3.44. The topological polar surface area (TPSA) is 102 Å². The van der Waals surface area contributed by atoms with Gasteiger partial charge in [0.05, 0.1) is 29.3 Å². The highest BCUT2D eigenvalue weighted by molar-refractivity contribution is 7.89. The molecule has 0 radical (unpaired) electrons. The number of hydrogen-bond acceptors (Lipinski definition) is 7. The van der Waals surface area contributed by atoms with Crippen molar-refractivity contribution in [3.05, 3.63) is 47.2 Å². The number of carbonyl (C=O) groups is 1. The van der Waals surface area contributed by atoms with Gasteiger partial charge in [0.25, 0.3) is 0 Å². The number of furan rings is 1. The minimum Gasteiger partial charge on any atom is -0.492 e. The van der Waals surface area contributed by atoms with Crippen molar-refractivity contribution in [3.63, 3.8) is 0 Å². The zero-order valence-corrected chi connectivity index (χ0v) is 20.3. The minimum atomic E-state index is -3.63. The summed E-state index contributed by atoms with van der Waals surface area (Å²) >= 11 is 1.40. The molecule has 4 rings (SSSR count). The molecule has 1 aliphatic heterocycles. The lowest BCUT2D eigenvalue weighted by Gasteiger charge is -2.26. The van der Waals surface area contributed by atoms with Gasteiger partial charge in [-0.1, -0.05) is 6.42 Å². The van der Waals surface area contributed by atoms with Crippen LogP contribution in [0.3, 0.4) is 0 Å². The number of thiazole rings is 1. The minimum absolute atomic E-state index is 0.0465. The Balaban J connectivity index is 1.51. The van der Waals surface area contributed by atoms with E-state index in [9.17, 15) is 13.2 Å². The summed E-state index contributed by atoms with van der Waals surface area (Å²) in [5.74, 6) is 1.57. The summed E-state index contributed by atoms with van der Waals surface area (Å²) in [5, 5.41) is 5.32. The smallest absolute Gasteiger partial charge is 0.243 e. The van der Waals surface area contributed by atoms with E-state index in [4.69, 9.17) is 9.15 Å². The summed E-state index contributed by atoms with van der Waals surface area (Å²) in [4.78, 5) is 17.4. The first-order valence-corrected chi connectivity index (χ1v) is 13.3. The van der Waals surface area contributed by atoms with Crippen LogP contribution in [0.15, 0.2) is 45.0 Å². The third-order valence-electron chi connectivity index (χ3n) is 5.32. The van der Waals surface area contributed by atoms with Crippen molar-refractivity contribution in [2.75, 3.05) is 25.0 Å². The van der Waals surface area contributed by atoms with Crippen molar-refractivity contribution in [3.8, 4) is 16.5 Å². The van der Waals surface area contributed by atoms with E-state index in [1.54, 1.807) is 6.07 Å². The van der Waals surface area contributed by atoms with Gasteiger partial charge in [-0.25, -0.2) is 13.4 Å². The lowest BCUT2D eigenvalue weighted by molar-refractivity contribution is -0.115. The first kappa shape index (κ1) is 23.5. The Kier molecular flexibility index (Phi) is 7.16. The molecule has 1 N–H and O–H groups in total. The van der Waals surface area contributed by atoms with Gasteiger partial charge in [0.15, 0.2) is 10.8 Å². The maximum absolute atomic E-state index is 13.1. The second-order valence-corrected chi connectivity index (χ2v) is 10.6. The number of aromatic nitrogens is 1. The van der Waals surface area contributed by atoms with Gasteiger partial charge in [-0.3, -0.25) is 4.79 Å². The van der Waals surface area contributed by atoms with E-state index in [0.717, 1.165) is 25.0 Å². The molecule has 1 saturated heterocycles. The van der Waals surface area contributed by atoms with Gasteiger partial charge in [-0.2, -0.15) is 4.31 Å². The normalized spacial score (nSPS) is 14.8. The second-order valence-electron chi connectivity index (χ2n) is 7.83. The van der Waals surface area contributed by atoms with Crippen molar-refractivity contribution in [1.29, 1.82) is 0 Å². The number of rotatable bonds is 8. The molecule has 1 fully saturated rings. The first-order chi connectivity index (χ1) is 15.9. The van der Waals surface area contributed by atoms with Crippen LogP contribution in [-0.4, -0.2) is 43.3 Å². The summed E-state index contributed by atoms with van der Waals surface area (Å²) in [6, 6.07) is 8.31. The Morgan fingerprint density at radius 3 is 2.70 bits per heavy atom. The zero-order chi connectivity index (χ0) is 23.4. The van der Waals surface area contributed by atoms with Gasteiger partial charge < -0.3 is 14.5 Å². The molecule has 0 atom stereocenters. The molecule has 0 unspecified atom stereocenters. The number of ether oxygens (including phenoxy) is 1. The fraction of sp³-hybridized carbons (Fsp3) is 0.391. The molecule has 0 spiro atoms. The van der Waals surface area contributed by atoms with Crippen molar-refractivity contribution < 1.29 is 22.4 Å². The van der Waals surface area contributed by atoms with Gasteiger partial charge in [-0.15, -0.1) is 11.3 Å². The molecule has 10 heteroatoms. The molecule has 0 aliphatic carbocycles. The highest BCUT2D eigenvalue weighted by Gasteiger charge is 2.27. The maximum atomic E-state index is 13.1. The Morgan fingerprint density at radius 1 is 1.21 bits per heavy atom. The third-order valence-corrected chi connectivity index (χ3v) is 8.12. The van der Waals surface area contributed by atoms with E-state index in [1.165, 1.54) is 27.8 Å². The third kappa shape index (κ3) is 5.45. The Hall–Kier alpha value is -2.69. The molecule has 2 aromatic heterocycles. The second kappa shape index (κ2) is 10.1. The predicted molar refractivity (Wildman–Crippen MR) is 127 cm³/mol. The number of carbonyl (C=O) groups excluding carboxylic acids is 1. The van der Waals surface area contributed by atoms with E-state index in [-0.39, 0.29) is 17.2 Å². The molecule has 8 nitrogen and oxygen atoms in total. The van der Waals surface area contributed by atoms with Crippen LogP contribution in [0.1, 0.15) is 37.6 Å². The van der Waals surface area contributed by atoms with E-state index >= 15 is 0 Å². The van der Waals surface area contributed by atoms with Gasteiger partial charge in [-0.05, 0) is 57.0 Å². The molecule has 1 amide bonds. The monoisotopic (exact) mass is 489 g/mol. The van der Waals surface area contributed by atoms with Gasteiger partial charge >= 0.3 is 0 Å². The molecule has 1 aromatic carbocycles. The number of amides is 1. The molecular formula is C23H27N3O5S2. The van der Waals surface area contributed by atoms with Crippen molar-refractivity contribution >= 4 is 33.0 Å². The fourth-order valence-electron chi connectivity index (χ4n) is 3.71. The summed E-state index contributed by atoms with van der Waals surface area (Å²) < 4.78 is 38.9. The molecule has 176 valence electrons. The lowest BCUT2D eigenvalue weighted by atomic mass is 10.2. The zero-order valence-electron chi connectivity index (χ0n) is 18.7. The summed E-state index contributed by atoms with van der Waals surface area (Å²) in [6.07, 6.45) is 2.79. The van der Waals surface area contributed by atoms with Gasteiger partial charge in [0.2, 0.25) is 15.9 Å². The van der Waals surface area contributed by atoms with Gasteiger partial charge in [0, 0.05) is 18.5 Å². The number of benzene rings is 1. The number of nitrogens with one attached hydrogen (secondary N) is 1. The largest absolute Gasteiger partial charge is 0.492 e. The number of sulfonamides is 1. The van der Waals surface area contributed by atoms with E-state index in [1.807, 2.05) is 31.4 Å². The number of anilines is 1. The quantitative estimate of drug-likeness (QED) is 0.501. The SMILES string of the molecule is CCOc1ccc(S(=O)(=O)N2CCCCC2)cc1NC(=O)Cc1csc(-c2ccc(C)o2)n1. The van der Waals surface area contributed by atoms with Crippen LogP contribution in [0.4, 0.5) is 5.69 Å². The van der Waals surface area contributed by atoms with E-state index < -0.39 is 10.0 Å². The predicted octanol–water partition coefficient (Wildman–Crippen LogP) is 4.47. The van der Waals surface area contributed by atoms with Crippen LogP contribution in [0.5, 0.6) is 5.75 Å². The van der Waals surface area contributed by atoms with Crippen LogP contribution < -0.4 is 10.1 Å². The van der Waals surface area contributed by atoms with E-state index in [0.29, 0.717) is 47.6 Å². The molecule has 3 heterocycles. The molecule has 3 aromatic rings. The van der Waals surface area contributed by atoms with Gasteiger partial charge in [0.1, 0.15) is 11.5 Å². The van der Waals surface area contributed by atoms with Crippen molar-refractivity contribution in [2.24, 2.45) is 0 Å². The fourth-order valence-corrected chi connectivity index (χ4v) is 6.04. The Morgan fingerprint density at radius 2 is 2.00 bits per heavy atom. The summed E-state index contributed by atoms with van der Waals surface area (Å²) in [7, 11) is -3.63. The standard InChI is InChI=1S/C23H27N3O5S2/c1-3-30-20-10-8-18(33(28,29)26-11-5-4-6-12-26)14-19(20)25-22(27)13-17-15-32-23(24-17)21-9-7-16(2)31-21/h7-10,14-15H,3-6,11-13H2,1-2H3,(H,25,27). The average molecular weight is 490 g/mol. The Labute approximate surface area is 197 Å². The van der Waals surface area contributed by atoms with Crippen LogP contribution in [0.25, 0.3) is 10.8 Å². The number of piperidine rings is 1. The van der Waals surface area contributed by atoms with E-state index in [2.05, 4.69) is 10.3 Å². The maximum Gasteiger partial charge on any atom is 0.243 e. The van der Waals surface area contributed by atoms with Crippen LogP contribution in [-0.2, 0) is 21.2 Å². The Bertz CT molecular complexity index is 1230. The van der Waals surface area contributed by atoms with Crippen molar-refractivity contribution in [1.82, 2.24) is 9.29 Å². The van der Waals surface area contributed by atoms with Crippen LogP contribution in [0.2, 0.25) is 0 Å². The highest BCUT2D eigenvalue weighted by Crippen LogP contribution is 2.31. The molecule has 0 bridgehead atoms. The van der Waals surface area contributed by atoms with Crippen molar-refractivity contribution in [2.45, 2.75) is 44.4 Å². The summed E-state index contributed by atoms with van der Waals surface area (Å²) in [6.45, 7) is 5.11. The highest BCUT2D eigenvalue weighted by atomic mass is 32.2. The molecular weight excluding hydrogens is 462 g/mol. The lowest BCUT2D eigenvalue weighted by Crippen LogP contribution is -2.35. The molecule has 1 aliphatic rings. The van der Waals surface area contributed by atoms with Crippen LogP contribution in [0, 0.1) is 6.92 Å².